The van der Waals surface area contributed by atoms with E-state index in [1.165, 1.54) is 16.8 Å². The molecule has 0 spiro atoms. The van der Waals surface area contributed by atoms with E-state index >= 15 is 0 Å². The molecule has 0 aliphatic rings. The first-order valence-electron chi connectivity index (χ1n) is 6.91. The molecule has 0 aliphatic heterocycles. The zero-order valence-electron chi connectivity index (χ0n) is 12.0. The smallest absolute Gasteiger partial charge is 0.390 e. The van der Waals surface area contributed by atoms with Gasteiger partial charge in [0.15, 0.2) is 0 Å². The van der Waals surface area contributed by atoms with Gasteiger partial charge in [-0.15, -0.1) is 0 Å². The first-order chi connectivity index (χ1) is 11.0. The predicted octanol–water partition coefficient (Wildman–Crippen LogP) is 4.05. The maximum Gasteiger partial charge on any atom is 0.416 e. The van der Waals surface area contributed by atoms with Gasteiger partial charge in [-0.1, -0.05) is 36.4 Å². The highest BCUT2D eigenvalue weighted by atomic mass is 19.4. The molecule has 1 aromatic heterocycles. The molecule has 3 nitrogen and oxygen atoms in total. The van der Waals surface area contributed by atoms with Crippen molar-refractivity contribution in [2.45, 2.75) is 12.8 Å². The number of nitrogens with zero attached hydrogens (tertiary/aromatic N) is 2. The Hall–Kier alpha value is -2.60. The van der Waals surface area contributed by atoms with Crippen LogP contribution in [-0.2, 0) is 12.8 Å². The molecule has 2 aromatic carbocycles. The van der Waals surface area contributed by atoms with Gasteiger partial charge in [-0.05, 0) is 23.8 Å². The molecule has 1 heterocycles. The van der Waals surface area contributed by atoms with Crippen molar-refractivity contribution in [1.29, 1.82) is 0 Å². The summed E-state index contributed by atoms with van der Waals surface area (Å²) in [6, 6.07) is 14.2. The fraction of sp³-hybridized carbons (Fsp3) is 0.118. The molecule has 1 N–H and O–H groups in total. The quantitative estimate of drug-likeness (QED) is 0.791. The SMILES string of the molecule is OCc1nn(-c2cccc(C(F)(F)F)c2)cc1-c1ccccc1. The van der Waals surface area contributed by atoms with E-state index in [4.69, 9.17) is 0 Å². The summed E-state index contributed by atoms with van der Waals surface area (Å²) >= 11 is 0. The van der Waals surface area contributed by atoms with Crippen LogP contribution >= 0.6 is 0 Å². The first kappa shape index (κ1) is 15.3. The average molecular weight is 318 g/mol. The van der Waals surface area contributed by atoms with Gasteiger partial charge in [0.05, 0.1) is 23.6 Å². The third-order valence-electron chi connectivity index (χ3n) is 3.46. The number of hydrogen-bond donors (Lipinski definition) is 1. The molecule has 0 atom stereocenters. The molecule has 23 heavy (non-hydrogen) atoms. The molecule has 118 valence electrons. The molecule has 0 unspecified atom stereocenters. The van der Waals surface area contributed by atoms with Crippen molar-refractivity contribution < 1.29 is 18.3 Å². The summed E-state index contributed by atoms with van der Waals surface area (Å²) in [7, 11) is 0. The zero-order chi connectivity index (χ0) is 16.4. The lowest BCUT2D eigenvalue weighted by Gasteiger charge is -2.08. The third-order valence-corrected chi connectivity index (χ3v) is 3.46. The van der Waals surface area contributed by atoms with Crippen LogP contribution in [0.1, 0.15) is 11.3 Å². The predicted molar refractivity (Wildman–Crippen MR) is 79.9 cm³/mol. The first-order valence-corrected chi connectivity index (χ1v) is 6.91. The van der Waals surface area contributed by atoms with Crippen molar-refractivity contribution in [3.8, 4) is 16.8 Å². The van der Waals surface area contributed by atoms with Gasteiger partial charge in [0.2, 0.25) is 0 Å². The summed E-state index contributed by atoms with van der Waals surface area (Å²) in [6.07, 6.45) is -2.79. The number of benzene rings is 2. The van der Waals surface area contributed by atoms with Gasteiger partial charge in [0, 0.05) is 11.8 Å². The lowest BCUT2D eigenvalue weighted by Crippen LogP contribution is -2.06. The van der Waals surface area contributed by atoms with E-state index in [2.05, 4.69) is 5.10 Å². The molecular formula is C17H13F3N2O. The Morgan fingerprint density at radius 2 is 1.74 bits per heavy atom. The Balaban J connectivity index is 2.07. The van der Waals surface area contributed by atoms with Gasteiger partial charge < -0.3 is 5.11 Å². The molecule has 0 amide bonds. The lowest BCUT2D eigenvalue weighted by atomic mass is 10.1. The van der Waals surface area contributed by atoms with Crippen molar-refractivity contribution in [2.75, 3.05) is 0 Å². The number of aliphatic hydroxyl groups excluding tert-OH is 1. The fourth-order valence-corrected chi connectivity index (χ4v) is 2.34. The van der Waals surface area contributed by atoms with Crippen molar-refractivity contribution in [1.82, 2.24) is 9.78 Å². The lowest BCUT2D eigenvalue weighted by molar-refractivity contribution is -0.137. The number of halogens is 3. The van der Waals surface area contributed by atoms with Gasteiger partial charge in [-0.25, -0.2) is 4.68 Å². The van der Waals surface area contributed by atoms with Crippen molar-refractivity contribution >= 4 is 0 Å². The van der Waals surface area contributed by atoms with Crippen LogP contribution in [0.5, 0.6) is 0 Å². The fourth-order valence-electron chi connectivity index (χ4n) is 2.34. The van der Waals surface area contributed by atoms with Gasteiger partial charge in [0.1, 0.15) is 0 Å². The summed E-state index contributed by atoms with van der Waals surface area (Å²) in [5, 5.41) is 13.7. The van der Waals surface area contributed by atoms with Crippen LogP contribution in [-0.4, -0.2) is 14.9 Å². The summed E-state index contributed by atoms with van der Waals surface area (Å²) in [4.78, 5) is 0. The molecule has 3 rings (SSSR count). The average Bonchev–Trinajstić information content (AvgIpc) is 2.99. The zero-order valence-corrected chi connectivity index (χ0v) is 12.0. The minimum Gasteiger partial charge on any atom is -0.390 e. The van der Waals surface area contributed by atoms with E-state index in [1.54, 1.807) is 6.20 Å². The van der Waals surface area contributed by atoms with Crippen molar-refractivity contribution in [3.05, 3.63) is 72.1 Å². The third kappa shape index (κ3) is 3.12. The maximum atomic E-state index is 12.8. The molecule has 3 aromatic rings. The summed E-state index contributed by atoms with van der Waals surface area (Å²) in [5.41, 5.74) is 1.49. The van der Waals surface area contributed by atoms with E-state index < -0.39 is 11.7 Å². The Kier molecular flexibility index (Phi) is 3.92. The van der Waals surface area contributed by atoms with Crippen LogP contribution in [0.2, 0.25) is 0 Å². The number of aliphatic hydroxyl groups is 1. The Labute approximate surface area is 130 Å². The maximum absolute atomic E-state index is 12.8. The van der Waals surface area contributed by atoms with Gasteiger partial charge in [-0.3, -0.25) is 0 Å². The number of alkyl halides is 3. The molecule has 0 saturated heterocycles. The van der Waals surface area contributed by atoms with E-state index in [0.717, 1.165) is 17.7 Å². The van der Waals surface area contributed by atoms with Crippen LogP contribution < -0.4 is 0 Å². The van der Waals surface area contributed by atoms with Crippen LogP contribution in [0.25, 0.3) is 16.8 Å². The highest BCUT2D eigenvalue weighted by molar-refractivity contribution is 5.65. The second kappa shape index (κ2) is 5.89. The van der Waals surface area contributed by atoms with E-state index in [9.17, 15) is 18.3 Å². The molecule has 0 bridgehead atoms. The van der Waals surface area contributed by atoms with E-state index in [1.807, 2.05) is 30.3 Å². The van der Waals surface area contributed by atoms with Crippen molar-refractivity contribution in [2.24, 2.45) is 0 Å². The summed E-state index contributed by atoms with van der Waals surface area (Å²) in [5.74, 6) is 0. The number of rotatable bonds is 3. The molecular weight excluding hydrogens is 305 g/mol. The monoisotopic (exact) mass is 318 g/mol. The highest BCUT2D eigenvalue weighted by Gasteiger charge is 2.30. The van der Waals surface area contributed by atoms with Gasteiger partial charge >= 0.3 is 6.18 Å². The minimum atomic E-state index is -4.41. The number of aromatic nitrogens is 2. The van der Waals surface area contributed by atoms with E-state index in [0.29, 0.717) is 11.3 Å². The second-order valence-electron chi connectivity index (χ2n) is 5.01. The molecule has 6 heteroatoms. The van der Waals surface area contributed by atoms with Crippen LogP contribution in [0, 0.1) is 0 Å². The largest absolute Gasteiger partial charge is 0.416 e. The second-order valence-corrected chi connectivity index (χ2v) is 5.01. The highest BCUT2D eigenvalue weighted by Crippen LogP contribution is 2.31. The Morgan fingerprint density at radius 1 is 1.00 bits per heavy atom. The molecule has 0 radical (unpaired) electrons. The Bertz CT molecular complexity index is 810. The topological polar surface area (TPSA) is 38.1 Å². The molecule has 0 aliphatic carbocycles. The van der Waals surface area contributed by atoms with Crippen molar-refractivity contribution in [3.63, 3.8) is 0 Å². The number of hydrogen-bond acceptors (Lipinski definition) is 2. The van der Waals surface area contributed by atoms with Crippen LogP contribution in [0.15, 0.2) is 60.8 Å². The minimum absolute atomic E-state index is 0.289. The van der Waals surface area contributed by atoms with Crippen LogP contribution in [0.3, 0.4) is 0 Å². The summed E-state index contributed by atoms with van der Waals surface area (Å²) < 4.78 is 39.8. The normalized spacial score (nSPS) is 11.7. The van der Waals surface area contributed by atoms with Crippen LogP contribution in [0.4, 0.5) is 13.2 Å². The van der Waals surface area contributed by atoms with E-state index in [-0.39, 0.29) is 12.3 Å². The molecule has 0 fully saturated rings. The summed E-state index contributed by atoms with van der Waals surface area (Å²) in [6.45, 7) is -0.295. The standard InChI is InChI=1S/C17H13F3N2O/c18-17(19,20)13-7-4-8-14(9-13)22-10-15(16(11-23)21-22)12-5-2-1-3-6-12/h1-10,23H,11H2. The molecule has 0 saturated carbocycles. The van der Waals surface area contributed by atoms with Gasteiger partial charge in [0.25, 0.3) is 0 Å². The van der Waals surface area contributed by atoms with Gasteiger partial charge in [-0.2, -0.15) is 18.3 Å². The Morgan fingerprint density at radius 3 is 2.39 bits per heavy atom.